The van der Waals surface area contributed by atoms with Gasteiger partial charge in [-0.05, 0) is 45.0 Å². The molecule has 3 rings (SSSR count). The van der Waals surface area contributed by atoms with Gasteiger partial charge in [-0.2, -0.15) is 0 Å². The number of benzene rings is 2. The van der Waals surface area contributed by atoms with Crippen molar-refractivity contribution in [1.82, 2.24) is 0 Å². The first-order chi connectivity index (χ1) is 13.9. The highest BCUT2D eigenvalue weighted by atomic mass is 16.5. The molecule has 2 aromatic carbocycles. The molecule has 1 amide bonds. The van der Waals surface area contributed by atoms with Gasteiger partial charge in [0, 0.05) is 24.2 Å². The summed E-state index contributed by atoms with van der Waals surface area (Å²) in [4.78, 5) is 39.0. The molecule has 2 aromatic rings. The molecule has 6 heteroatoms. The second-order valence-corrected chi connectivity index (χ2v) is 7.14. The molecule has 1 fully saturated rings. The number of carbonyl (C=O) groups excluding carboxylic acids is 3. The predicted octanol–water partition coefficient (Wildman–Crippen LogP) is 3.56. The Kier molecular flexibility index (Phi) is 6.32. The molecule has 1 aliphatic rings. The average molecular weight is 395 g/mol. The first kappa shape index (κ1) is 20.6. The van der Waals surface area contributed by atoms with Crippen LogP contribution in [0.5, 0.6) is 5.75 Å². The van der Waals surface area contributed by atoms with E-state index in [2.05, 4.69) is 0 Å². The number of ether oxygens (including phenoxy) is 2. The Balaban J connectivity index is 1.60. The van der Waals surface area contributed by atoms with Crippen molar-refractivity contribution in [2.45, 2.75) is 33.3 Å². The van der Waals surface area contributed by atoms with Gasteiger partial charge in [-0.1, -0.05) is 29.8 Å². The summed E-state index contributed by atoms with van der Waals surface area (Å²) in [5, 5.41) is 0. The summed E-state index contributed by atoms with van der Waals surface area (Å²) in [7, 11) is 0. The normalized spacial score (nSPS) is 17.1. The molecule has 0 spiro atoms. The van der Waals surface area contributed by atoms with E-state index in [1.54, 1.807) is 48.2 Å². The van der Waals surface area contributed by atoms with Crippen LogP contribution in [-0.4, -0.2) is 36.9 Å². The minimum absolute atomic E-state index is 0.0670. The van der Waals surface area contributed by atoms with Crippen LogP contribution in [0.3, 0.4) is 0 Å². The third kappa shape index (κ3) is 4.83. The van der Waals surface area contributed by atoms with E-state index in [0.717, 1.165) is 11.3 Å². The zero-order valence-electron chi connectivity index (χ0n) is 16.9. The second kappa shape index (κ2) is 8.90. The average Bonchev–Trinajstić information content (AvgIpc) is 3.10. The van der Waals surface area contributed by atoms with E-state index in [1.165, 1.54) is 0 Å². The molecule has 1 heterocycles. The molecule has 0 unspecified atom stereocenters. The van der Waals surface area contributed by atoms with Crippen LogP contribution in [0.2, 0.25) is 0 Å². The SMILES string of the molecule is CCOc1ccc(N2C[C@H](C(=O)O[C@H](C)C(=O)c3ccc(C)cc3)CC2=O)cc1. The number of nitrogens with zero attached hydrogens (tertiary/aromatic N) is 1. The monoisotopic (exact) mass is 395 g/mol. The number of aryl methyl sites for hydroxylation is 1. The van der Waals surface area contributed by atoms with Gasteiger partial charge in [-0.15, -0.1) is 0 Å². The minimum Gasteiger partial charge on any atom is -0.494 e. The largest absolute Gasteiger partial charge is 0.494 e. The summed E-state index contributed by atoms with van der Waals surface area (Å²) in [5.41, 5.74) is 2.25. The van der Waals surface area contributed by atoms with Gasteiger partial charge in [0.25, 0.3) is 0 Å². The predicted molar refractivity (Wildman–Crippen MR) is 109 cm³/mol. The van der Waals surface area contributed by atoms with E-state index in [1.807, 2.05) is 26.0 Å². The standard InChI is InChI=1S/C23H25NO5/c1-4-28-20-11-9-19(10-12-20)24-14-18(13-21(24)25)23(27)29-16(3)22(26)17-7-5-15(2)6-8-17/h5-12,16,18H,4,13-14H2,1-3H3/t16-,18-/m1/s1. The Labute approximate surface area is 170 Å². The van der Waals surface area contributed by atoms with E-state index >= 15 is 0 Å². The maximum Gasteiger partial charge on any atom is 0.312 e. The van der Waals surface area contributed by atoms with Crippen LogP contribution in [0.1, 0.15) is 36.2 Å². The van der Waals surface area contributed by atoms with Gasteiger partial charge in [0.15, 0.2) is 6.10 Å². The molecule has 0 radical (unpaired) electrons. The Morgan fingerprint density at radius 1 is 1.10 bits per heavy atom. The van der Waals surface area contributed by atoms with Crippen molar-refractivity contribution in [3.05, 3.63) is 59.7 Å². The first-order valence-corrected chi connectivity index (χ1v) is 9.73. The van der Waals surface area contributed by atoms with Crippen LogP contribution in [-0.2, 0) is 14.3 Å². The maximum absolute atomic E-state index is 12.5. The summed E-state index contributed by atoms with van der Waals surface area (Å²) in [5.74, 6) is -0.802. The minimum atomic E-state index is -0.903. The van der Waals surface area contributed by atoms with Crippen LogP contribution in [0.4, 0.5) is 5.69 Å². The lowest BCUT2D eigenvalue weighted by atomic mass is 10.1. The van der Waals surface area contributed by atoms with Crippen LogP contribution < -0.4 is 9.64 Å². The molecule has 0 aliphatic carbocycles. The lowest BCUT2D eigenvalue weighted by Gasteiger charge is -2.18. The third-order valence-electron chi connectivity index (χ3n) is 4.92. The molecule has 2 atom stereocenters. The maximum atomic E-state index is 12.5. The third-order valence-corrected chi connectivity index (χ3v) is 4.92. The van der Waals surface area contributed by atoms with Gasteiger partial charge in [0.2, 0.25) is 11.7 Å². The van der Waals surface area contributed by atoms with E-state index < -0.39 is 18.0 Å². The van der Waals surface area contributed by atoms with Gasteiger partial charge in [0.05, 0.1) is 12.5 Å². The fraction of sp³-hybridized carbons (Fsp3) is 0.348. The highest BCUT2D eigenvalue weighted by Crippen LogP contribution is 2.28. The number of amides is 1. The second-order valence-electron chi connectivity index (χ2n) is 7.14. The fourth-order valence-corrected chi connectivity index (χ4v) is 3.28. The number of rotatable bonds is 7. The van der Waals surface area contributed by atoms with Crippen LogP contribution >= 0.6 is 0 Å². The summed E-state index contributed by atoms with van der Waals surface area (Å²) < 4.78 is 10.8. The van der Waals surface area contributed by atoms with Crippen LogP contribution in [0.15, 0.2) is 48.5 Å². The van der Waals surface area contributed by atoms with Gasteiger partial charge in [0.1, 0.15) is 5.75 Å². The summed E-state index contributed by atoms with van der Waals surface area (Å²) >= 11 is 0. The Morgan fingerprint density at radius 2 is 1.76 bits per heavy atom. The highest BCUT2D eigenvalue weighted by Gasteiger charge is 2.37. The number of carbonyl (C=O) groups is 3. The van der Waals surface area contributed by atoms with Crippen LogP contribution in [0, 0.1) is 12.8 Å². The number of esters is 1. The van der Waals surface area contributed by atoms with Crippen LogP contribution in [0.25, 0.3) is 0 Å². The first-order valence-electron chi connectivity index (χ1n) is 9.73. The Hall–Kier alpha value is -3.15. The lowest BCUT2D eigenvalue weighted by Crippen LogP contribution is -2.30. The molecule has 29 heavy (non-hydrogen) atoms. The van der Waals surface area contributed by atoms with E-state index in [0.29, 0.717) is 17.9 Å². The summed E-state index contributed by atoms with van der Waals surface area (Å²) in [6.45, 7) is 6.19. The zero-order chi connectivity index (χ0) is 21.0. The molecule has 152 valence electrons. The van der Waals surface area contributed by atoms with Crippen molar-refractivity contribution in [2.24, 2.45) is 5.92 Å². The fourth-order valence-electron chi connectivity index (χ4n) is 3.28. The zero-order valence-corrected chi connectivity index (χ0v) is 16.9. The number of hydrogen-bond donors (Lipinski definition) is 0. The van der Waals surface area contributed by atoms with Crippen molar-refractivity contribution in [3.63, 3.8) is 0 Å². The van der Waals surface area contributed by atoms with Crippen molar-refractivity contribution < 1.29 is 23.9 Å². The number of ketones is 1. The summed E-state index contributed by atoms with van der Waals surface area (Å²) in [6.07, 6.45) is -0.836. The van der Waals surface area contributed by atoms with Gasteiger partial charge in [-0.3, -0.25) is 14.4 Å². The lowest BCUT2D eigenvalue weighted by molar-refractivity contribution is -0.151. The van der Waals surface area contributed by atoms with E-state index in [-0.39, 0.29) is 24.7 Å². The molecule has 0 aromatic heterocycles. The Bertz CT molecular complexity index is 888. The molecule has 0 saturated carbocycles. The van der Waals surface area contributed by atoms with Crippen molar-refractivity contribution in [3.8, 4) is 5.75 Å². The number of hydrogen-bond acceptors (Lipinski definition) is 5. The molecule has 1 aliphatic heterocycles. The number of anilines is 1. The molecular formula is C23H25NO5. The van der Waals surface area contributed by atoms with Gasteiger partial charge in [-0.25, -0.2) is 0 Å². The van der Waals surface area contributed by atoms with Crippen molar-refractivity contribution in [2.75, 3.05) is 18.1 Å². The highest BCUT2D eigenvalue weighted by molar-refractivity contribution is 6.02. The van der Waals surface area contributed by atoms with Crippen molar-refractivity contribution >= 4 is 23.3 Å². The molecule has 0 bridgehead atoms. The molecule has 0 N–H and O–H groups in total. The smallest absolute Gasteiger partial charge is 0.312 e. The topological polar surface area (TPSA) is 72.9 Å². The molecule has 1 saturated heterocycles. The van der Waals surface area contributed by atoms with Gasteiger partial charge < -0.3 is 14.4 Å². The Morgan fingerprint density at radius 3 is 2.38 bits per heavy atom. The molecular weight excluding hydrogens is 370 g/mol. The van der Waals surface area contributed by atoms with E-state index in [4.69, 9.17) is 9.47 Å². The molecule has 6 nitrogen and oxygen atoms in total. The number of Topliss-reactive ketones (excluding diaryl/α,β-unsaturated/α-hetero) is 1. The van der Waals surface area contributed by atoms with Crippen molar-refractivity contribution in [1.29, 1.82) is 0 Å². The summed E-state index contributed by atoms with van der Waals surface area (Å²) in [6, 6.07) is 14.3. The van der Waals surface area contributed by atoms with E-state index in [9.17, 15) is 14.4 Å². The van der Waals surface area contributed by atoms with Gasteiger partial charge >= 0.3 is 5.97 Å². The quantitative estimate of drug-likeness (QED) is 0.529.